The van der Waals surface area contributed by atoms with E-state index in [1.165, 1.54) is 5.56 Å². The Morgan fingerprint density at radius 1 is 1.38 bits per heavy atom. The molecule has 1 aromatic rings. The highest BCUT2D eigenvalue weighted by molar-refractivity contribution is 5.77. The minimum atomic E-state index is -0.0523. The van der Waals surface area contributed by atoms with Crippen molar-refractivity contribution in [2.24, 2.45) is 0 Å². The van der Waals surface area contributed by atoms with Gasteiger partial charge in [-0.2, -0.15) is 0 Å². The third kappa shape index (κ3) is 4.74. The first-order valence-corrected chi connectivity index (χ1v) is 7.82. The van der Waals surface area contributed by atoms with E-state index in [-0.39, 0.29) is 18.6 Å². The number of benzene rings is 1. The van der Waals surface area contributed by atoms with Crippen molar-refractivity contribution in [3.8, 4) is 5.75 Å². The van der Waals surface area contributed by atoms with E-state index in [4.69, 9.17) is 4.74 Å². The fourth-order valence-electron chi connectivity index (χ4n) is 2.59. The lowest BCUT2D eigenvalue weighted by atomic mass is 10.00. The van der Waals surface area contributed by atoms with Crippen LogP contribution in [0.1, 0.15) is 45.1 Å². The predicted octanol–water partition coefficient (Wildman–Crippen LogP) is 2.45. The predicted molar refractivity (Wildman–Crippen MR) is 84.7 cm³/mol. The van der Waals surface area contributed by atoms with Crippen molar-refractivity contribution in [3.63, 3.8) is 0 Å². The Bertz CT molecular complexity index is 456. The van der Waals surface area contributed by atoms with Gasteiger partial charge in [0.2, 0.25) is 0 Å². The lowest BCUT2D eigenvalue weighted by molar-refractivity contribution is -0.124. The summed E-state index contributed by atoms with van der Waals surface area (Å²) in [5.41, 5.74) is 1.27. The fourth-order valence-corrected chi connectivity index (χ4v) is 2.59. The van der Waals surface area contributed by atoms with Crippen LogP contribution in [0.4, 0.5) is 0 Å². The van der Waals surface area contributed by atoms with Gasteiger partial charge in [-0.1, -0.05) is 26.0 Å². The minimum Gasteiger partial charge on any atom is -0.484 e. The van der Waals surface area contributed by atoms with E-state index in [0.29, 0.717) is 12.0 Å². The summed E-state index contributed by atoms with van der Waals surface area (Å²) in [6.45, 7) is 7.53. The molecule has 1 heterocycles. The summed E-state index contributed by atoms with van der Waals surface area (Å²) >= 11 is 0. The van der Waals surface area contributed by atoms with E-state index in [0.717, 1.165) is 25.1 Å². The Morgan fingerprint density at radius 3 is 2.71 bits per heavy atom. The third-order valence-corrected chi connectivity index (χ3v) is 4.02. The Balaban J connectivity index is 1.78. The van der Waals surface area contributed by atoms with Crippen molar-refractivity contribution in [2.75, 3.05) is 13.2 Å². The highest BCUT2D eigenvalue weighted by Gasteiger charge is 2.22. The second kappa shape index (κ2) is 7.46. The van der Waals surface area contributed by atoms with Gasteiger partial charge in [0.25, 0.3) is 5.91 Å². The van der Waals surface area contributed by atoms with Crippen LogP contribution in [0.15, 0.2) is 24.3 Å². The first kappa shape index (κ1) is 15.8. The summed E-state index contributed by atoms with van der Waals surface area (Å²) in [6, 6.07) is 8.47. The summed E-state index contributed by atoms with van der Waals surface area (Å²) < 4.78 is 5.55. The van der Waals surface area contributed by atoms with Crippen molar-refractivity contribution in [1.82, 2.24) is 10.6 Å². The molecule has 1 aliphatic rings. The molecule has 0 bridgehead atoms. The summed E-state index contributed by atoms with van der Waals surface area (Å²) in [7, 11) is 0. The zero-order valence-corrected chi connectivity index (χ0v) is 13.2. The minimum absolute atomic E-state index is 0.0523. The van der Waals surface area contributed by atoms with Crippen molar-refractivity contribution < 1.29 is 9.53 Å². The molecule has 2 atom stereocenters. The van der Waals surface area contributed by atoms with Crippen molar-refractivity contribution in [1.29, 1.82) is 0 Å². The molecule has 0 radical (unpaired) electrons. The monoisotopic (exact) mass is 290 g/mol. The number of nitrogens with one attached hydrogen (secondary N) is 2. The molecule has 1 amide bonds. The maximum atomic E-state index is 11.9. The lowest BCUT2D eigenvalue weighted by Gasteiger charge is -2.30. The number of hydrogen-bond donors (Lipinski definition) is 2. The maximum Gasteiger partial charge on any atom is 0.258 e. The van der Waals surface area contributed by atoms with Crippen molar-refractivity contribution >= 4 is 5.91 Å². The van der Waals surface area contributed by atoms with Crippen LogP contribution in [-0.4, -0.2) is 31.1 Å². The summed E-state index contributed by atoms with van der Waals surface area (Å²) in [5, 5.41) is 6.41. The number of piperidine rings is 1. The molecule has 116 valence electrons. The van der Waals surface area contributed by atoms with Crippen LogP contribution in [0.2, 0.25) is 0 Å². The molecule has 1 fully saturated rings. The molecule has 0 saturated carbocycles. The van der Waals surface area contributed by atoms with Crippen LogP contribution >= 0.6 is 0 Å². The molecule has 4 heteroatoms. The average molecular weight is 290 g/mol. The number of carbonyl (C=O) groups excluding carboxylic acids is 1. The van der Waals surface area contributed by atoms with Crippen LogP contribution < -0.4 is 15.4 Å². The first-order chi connectivity index (χ1) is 10.1. The normalized spacial score (nSPS) is 22.1. The summed E-state index contributed by atoms with van der Waals surface area (Å²) in [4.78, 5) is 11.9. The smallest absolute Gasteiger partial charge is 0.258 e. The van der Waals surface area contributed by atoms with Gasteiger partial charge in [0.1, 0.15) is 5.75 Å². The Kier molecular flexibility index (Phi) is 5.62. The van der Waals surface area contributed by atoms with E-state index < -0.39 is 0 Å². The number of amides is 1. The number of rotatable bonds is 5. The van der Waals surface area contributed by atoms with Crippen LogP contribution in [0.25, 0.3) is 0 Å². The molecule has 0 spiro atoms. The number of carbonyl (C=O) groups is 1. The van der Waals surface area contributed by atoms with Crippen LogP contribution in [0.5, 0.6) is 5.75 Å². The Morgan fingerprint density at radius 2 is 2.10 bits per heavy atom. The summed E-state index contributed by atoms with van der Waals surface area (Å²) in [6.07, 6.45) is 2.13. The fraction of sp³-hybridized carbons (Fsp3) is 0.588. The van der Waals surface area contributed by atoms with Gasteiger partial charge in [0, 0.05) is 12.1 Å². The molecule has 1 aliphatic heterocycles. The Labute approximate surface area is 127 Å². The topological polar surface area (TPSA) is 50.4 Å². The molecule has 1 aromatic carbocycles. The molecule has 2 N–H and O–H groups in total. The quantitative estimate of drug-likeness (QED) is 0.876. The molecular formula is C17H26N2O2. The summed E-state index contributed by atoms with van der Waals surface area (Å²) in [5.74, 6) is 1.19. The second-order valence-electron chi connectivity index (χ2n) is 6.07. The van der Waals surface area contributed by atoms with Gasteiger partial charge in [0.15, 0.2) is 6.61 Å². The van der Waals surface area contributed by atoms with Gasteiger partial charge >= 0.3 is 0 Å². The standard InChI is InChI=1S/C17H26N2O2/c1-12(2)14-6-8-15(9-7-14)21-11-17(20)19-16-5-4-10-18-13(16)3/h6-9,12-13,16,18H,4-5,10-11H2,1-3H3,(H,19,20). The largest absolute Gasteiger partial charge is 0.484 e. The van der Waals surface area contributed by atoms with Gasteiger partial charge < -0.3 is 15.4 Å². The SMILES string of the molecule is CC(C)c1ccc(OCC(=O)NC2CCCNC2C)cc1. The van der Waals surface area contributed by atoms with E-state index in [1.807, 2.05) is 24.3 Å². The van der Waals surface area contributed by atoms with E-state index in [2.05, 4.69) is 31.4 Å². The van der Waals surface area contributed by atoms with E-state index >= 15 is 0 Å². The third-order valence-electron chi connectivity index (χ3n) is 4.02. The average Bonchev–Trinajstić information content (AvgIpc) is 2.48. The van der Waals surface area contributed by atoms with Crippen LogP contribution in [0, 0.1) is 0 Å². The molecule has 1 saturated heterocycles. The van der Waals surface area contributed by atoms with Crippen molar-refractivity contribution in [3.05, 3.63) is 29.8 Å². The number of hydrogen-bond acceptors (Lipinski definition) is 3. The first-order valence-electron chi connectivity index (χ1n) is 7.82. The zero-order valence-electron chi connectivity index (χ0n) is 13.2. The second-order valence-corrected chi connectivity index (χ2v) is 6.07. The van der Waals surface area contributed by atoms with Gasteiger partial charge in [-0.25, -0.2) is 0 Å². The lowest BCUT2D eigenvalue weighted by Crippen LogP contribution is -2.52. The highest BCUT2D eigenvalue weighted by atomic mass is 16.5. The molecule has 0 aromatic heterocycles. The van der Waals surface area contributed by atoms with Crippen molar-refractivity contribution in [2.45, 2.75) is 51.6 Å². The maximum absolute atomic E-state index is 11.9. The molecule has 4 nitrogen and oxygen atoms in total. The van der Waals surface area contributed by atoms with Gasteiger partial charge in [0.05, 0.1) is 0 Å². The van der Waals surface area contributed by atoms with Gasteiger partial charge in [-0.15, -0.1) is 0 Å². The van der Waals surface area contributed by atoms with Gasteiger partial charge in [-0.3, -0.25) is 4.79 Å². The molecular weight excluding hydrogens is 264 g/mol. The zero-order chi connectivity index (χ0) is 15.2. The van der Waals surface area contributed by atoms with Gasteiger partial charge in [-0.05, 0) is 49.9 Å². The molecule has 21 heavy (non-hydrogen) atoms. The van der Waals surface area contributed by atoms with E-state index in [1.54, 1.807) is 0 Å². The molecule has 2 unspecified atom stereocenters. The highest BCUT2D eigenvalue weighted by Crippen LogP contribution is 2.18. The van der Waals surface area contributed by atoms with Crippen LogP contribution in [-0.2, 0) is 4.79 Å². The number of ether oxygens (including phenoxy) is 1. The Hall–Kier alpha value is -1.55. The molecule has 2 rings (SSSR count). The molecule has 0 aliphatic carbocycles. The van der Waals surface area contributed by atoms with Crippen LogP contribution in [0.3, 0.4) is 0 Å². The van der Waals surface area contributed by atoms with E-state index in [9.17, 15) is 4.79 Å².